The van der Waals surface area contributed by atoms with Crippen LogP contribution in [0, 0.1) is 5.82 Å². The van der Waals surface area contributed by atoms with Gasteiger partial charge in [-0.3, -0.25) is 0 Å². The largest absolute Gasteiger partial charge is 0.506 e. The van der Waals surface area contributed by atoms with Crippen molar-refractivity contribution in [3.05, 3.63) is 80.7 Å². The van der Waals surface area contributed by atoms with Crippen LogP contribution in [0.4, 0.5) is 4.39 Å². The van der Waals surface area contributed by atoms with Crippen molar-refractivity contribution in [3.8, 4) is 5.75 Å². The molecule has 4 rings (SSSR count). The van der Waals surface area contributed by atoms with Gasteiger partial charge in [0.25, 0.3) is 5.22 Å². The van der Waals surface area contributed by atoms with Crippen LogP contribution >= 0.6 is 23.4 Å². The highest BCUT2D eigenvalue weighted by molar-refractivity contribution is 7.98. The summed E-state index contributed by atoms with van der Waals surface area (Å²) in [5.74, 6) is 0.122. The molecule has 9 heteroatoms. The highest BCUT2D eigenvalue weighted by atomic mass is 35.5. The third-order valence-corrected chi connectivity index (χ3v) is 5.17. The number of halogens is 2. The zero-order chi connectivity index (χ0) is 19.7. The molecule has 0 atom stereocenters. The minimum absolute atomic E-state index is 0.151. The van der Waals surface area contributed by atoms with E-state index in [2.05, 4.69) is 10.2 Å². The molecular weight excluding hydrogens is 407 g/mol. The van der Waals surface area contributed by atoms with Crippen LogP contribution in [-0.4, -0.2) is 15.3 Å². The third kappa shape index (κ3) is 3.88. The number of benzene rings is 2. The van der Waals surface area contributed by atoms with Gasteiger partial charge in [0.2, 0.25) is 5.89 Å². The molecule has 0 saturated carbocycles. The molecular formula is C19H12ClFN2O4S. The molecule has 0 aliphatic carbocycles. The minimum Gasteiger partial charge on any atom is -0.506 e. The molecule has 2 aromatic heterocycles. The van der Waals surface area contributed by atoms with E-state index in [0.717, 1.165) is 0 Å². The number of phenols is 1. The Hall–Kier alpha value is -2.84. The van der Waals surface area contributed by atoms with Crippen LogP contribution in [0.25, 0.3) is 11.0 Å². The van der Waals surface area contributed by atoms with Crippen molar-refractivity contribution in [3.63, 3.8) is 0 Å². The van der Waals surface area contributed by atoms with Crippen molar-refractivity contribution in [2.75, 3.05) is 0 Å². The number of nitrogens with zero attached hydrogens (tertiary/aromatic N) is 2. The maximum Gasteiger partial charge on any atom is 0.336 e. The Balaban J connectivity index is 1.54. The molecule has 142 valence electrons. The lowest BCUT2D eigenvalue weighted by Crippen LogP contribution is -2.00. The zero-order valence-electron chi connectivity index (χ0n) is 14.2. The standard InChI is InChI=1S/C19H12ClFN2O4S/c20-13-7-12-11(6-18(25)26-16(12)8-15(13)24)9-28-19-23-22-17(27-19)5-10-3-1-2-4-14(10)21/h1-4,6-8,24H,5,9H2. The monoisotopic (exact) mass is 418 g/mol. The molecule has 4 aromatic rings. The quantitative estimate of drug-likeness (QED) is 0.375. The van der Waals surface area contributed by atoms with E-state index in [1.54, 1.807) is 18.2 Å². The summed E-state index contributed by atoms with van der Waals surface area (Å²) in [5.41, 5.74) is 0.794. The lowest BCUT2D eigenvalue weighted by atomic mass is 10.1. The molecule has 0 radical (unpaired) electrons. The Morgan fingerprint density at radius 1 is 1.11 bits per heavy atom. The summed E-state index contributed by atoms with van der Waals surface area (Å²) in [6.45, 7) is 0. The fourth-order valence-electron chi connectivity index (χ4n) is 2.67. The summed E-state index contributed by atoms with van der Waals surface area (Å²) >= 11 is 7.18. The zero-order valence-corrected chi connectivity index (χ0v) is 15.8. The molecule has 1 N–H and O–H groups in total. The molecule has 0 aliphatic heterocycles. The van der Waals surface area contributed by atoms with E-state index < -0.39 is 5.63 Å². The Morgan fingerprint density at radius 2 is 1.93 bits per heavy atom. The molecule has 2 heterocycles. The lowest BCUT2D eigenvalue weighted by molar-refractivity contribution is 0.418. The van der Waals surface area contributed by atoms with Crippen molar-refractivity contribution in [1.82, 2.24) is 10.2 Å². The highest BCUT2D eigenvalue weighted by Gasteiger charge is 2.13. The van der Waals surface area contributed by atoms with Crippen LogP contribution in [0.3, 0.4) is 0 Å². The van der Waals surface area contributed by atoms with Crippen molar-refractivity contribution in [1.29, 1.82) is 0 Å². The number of rotatable bonds is 5. The van der Waals surface area contributed by atoms with Crippen molar-refractivity contribution in [2.45, 2.75) is 17.4 Å². The molecule has 0 unspecified atom stereocenters. The summed E-state index contributed by atoms with van der Waals surface area (Å²) in [6.07, 6.45) is 0.187. The summed E-state index contributed by atoms with van der Waals surface area (Å²) < 4.78 is 24.4. The molecule has 0 aliphatic rings. The second-order valence-electron chi connectivity index (χ2n) is 5.91. The highest BCUT2D eigenvalue weighted by Crippen LogP contribution is 2.32. The van der Waals surface area contributed by atoms with E-state index in [-0.39, 0.29) is 39.7 Å². The number of hydrogen-bond acceptors (Lipinski definition) is 7. The normalized spacial score (nSPS) is 11.2. The van der Waals surface area contributed by atoms with E-state index in [1.807, 2.05) is 0 Å². The van der Waals surface area contributed by atoms with Gasteiger partial charge in [-0.05, 0) is 23.3 Å². The molecule has 0 amide bonds. The maximum absolute atomic E-state index is 13.7. The molecule has 0 bridgehead atoms. The van der Waals surface area contributed by atoms with Gasteiger partial charge in [-0.2, -0.15) is 0 Å². The SMILES string of the molecule is O=c1cc(CSc2nnc(Cc3ccccc3F)o2)c2cc(Cl)c(O)cc2o1. The van der Waals surface area contributed by atoms with Crippen molar-refractivity contribution < 1.29 is 18.3 Å². The van der Waals surface area contributed by atoms with Crippen LogP contribution in [0.15, 0.2) is 61.3 Å². The first kappa shape index (κ1) is 18.5. The minimum atomic E-state index is -0.546. The van der Waals surface area contributed by atoms with E-state index in [4.69, 9.17) is 20.4 Å². The van der Waals surface area contributed by atoms with Gasteiger partial charge in [0.1, 0.15) is 17.1 Å². The van der Waals surface area contributed by atoms with Gasteiger partial charge >= 0.3 is 5.63 Å². The number of thioether (sulfide) groups is 1. The molecule has 6 nitrogen and oxygen atoms in total. The topological polar surface area (TPSA) is 89.4 Å². The number of phenolic OH excluding ortho intramolecular Hbond substituents is 1. The number of aromatic hydroxyl groups is 1. The summed E-state index contributed by atoms with van der Waals surface area (Å²) in [7, 11) is 0. The number of hydrogen-bond donors (Lipinski definition) is 1. The second kappa shape index (κ2) is 7.65. The van der Waals surface area contributed by atoms with Gasteiger partial charge in [0, 0.05) is 23.3 Å². The van der Waals surface area contributed by atoms with E-state index in [1.165, 1.54) is 36.0 Å². The first-order valence-corrected chi connectivity index (χ1v) is 9.50. The summed E-state index contributed by atoms with van der Waals surface area (Å²) in [6, 6.07) is 10.5. The predicted octanol–water partition coefficient (Wildman–Crippen LogP) is 4.56. The Bertz CT molecular complexity index is 1220. The van der Waals surface area contributed by atoms with Crippen LogP contribution in [0.1, 0.15) is 17.0 Å². The van der Waals surface area contributed by atoms with Gasteiger partial charge in [-0.15, -0.1) is 10.2 Å². The Morgan fingerprint density at radius 3 is 2.75 bits per heavy atom. The van der Waals surface area contributed by atoms with Crippen LogP contribution in [0.2, 0.25) is 5.02 Å². The van der Waals surface area contributed by atoms with Gasteiger partial charge in [-0.1, -0.05) is 41.6 Å². The average Bonchev–Trinajstić information content (AvgIpc) is 3.10. The van der Waals surface area contributed by atoms with Gasteiger partial charge in [0.05, 0.1) is 11.4 Å². The van der Waals surface area contributed by atoms with Crippen LogP contribution in [0.5, 0.6) is 5.75 Å². The van der Waals surface area contributed by atoms with Crippen LogP contribution < -0.4 is 5.63 Å². The fourth-order valence-corrected chi connectivity index (χ4v) is 3.60. The van der Waals surface area contributed by atoms with Gasteiger partial charge in [0.15, 0.2) is 0 Å². The summed E-state index contributed by atoms with van der Waals surface area (Å²) in [4.78, 5) is 11.8. The van der Waals surface area contributed by atoms with E-state index in [0.29, 0.717) is 22.3 Å². The van der Waals surface area contributed by atoms with Crippen LogP contribution in [-0.2, 0) is 12.2 Å². The third-order valence-electron chi connectivity index (χ3n) is 4.00. The first-order valence-electron chi connectivity index (χ1n) is 8.13. The van der Waals surface area contributed by atoms with Gasteiger partial charge < -0.3 is 13.9 Å². The lowest BCUT2D eigenvalue weighted by Gasteiger charge is -2.05. The smallest absolute Gasteiger partial charge is 0.336 e. The second-order valence-corrected chi connectivity index (χ2v) is 7.24. The maximum atomic E-state index is 13.7. The molecule has 0 fully saturated rings. The van der Waals surface area contributed by atoms with Crippen molar-refractivity contribution >= 4 is 34.3 Å². The number of aromatic nitrogens is 2. The first-order chi connectivity index (χ1) is 13.5. The molecule has 0 saturated heterocycles. The Kier molecular flexibility index (Phi) is 5.06. The molecule has 2 aromatic carbocycles. The fraction of sp³-hybridized carbons (Fsp3) is 0.105. The molecule has 28 heavy (non-hydrogen) atoms. The summed E-state index contributed by atoms with van der Waals surface area (Å²) in [5, 5.41) is 18.6. The van der Waals surface area contributed by atoms with E-state index in [9.17, 15) is 14.3 Å². The van der Waals surface area contributed by atoms with Crippen molar-refractivity contribution in [2.24, 2.45) is 0 Å². The average molecular weight is 419 g/mol. The predicted molar refractivity (Wildman–Crippen MR) is 102 cm³/mol. The Labute approximate surface area is 167 Å². The number of fused-ring (bicyclic) bond motifs is 1. The van der Waals surface area contributed by atoms with E-state index >= 15 is 0 Å². The molecule has 0 spiro atoms. The van der Waals surface area contributed by atoms with Gasteiger partial charge in [-0.25, -0.2) is 9.18 Å².